The summed E-state index contributed by atoms with van der Waals surface area (Å²) in [7, 11) is 4.20. The van der Waals surface area contributed by atoms with Gasteiger partial charge in [0.2, 0.25) is 0 Å². The summed E-state index contributed by atoms with van der Waals surface area (Å²) in [5.41, 5.74) is 7.83. The van der Waals surface area contributed by atoms with E-state index in [0.29, 0.717) is 5.92 Å². The van der Waals surface area contributed by atoms with Crippen molar-refractivity contribution >= 4 is 10.8 Å². The molecule has 0 saturated heterocycles. The molecule has 2 rings (SSSR count). The van der Waals surface area contributed by atoms with Crippen LogP contribution in [0.15, 0.2) is 42.5 Å². The third-order valence-electron chi connectivity index (χ3n) is 4.29. The van der Waals surface area contributed by atoms with Crippen molar-refractivity contribution in [3.63, 3.8) is 0 Å². The van der Waals surface area contributed by atoms with Crippen LogP contribution in [0.2, 0.25) is 0 Å². The van der Waals surface area contributed by atoms with Crippen LogP contribution in [0.3, 0.4) is 0 Å². The summed E-state index contributed by atoms with van der Waals surface area (Å²) in [6.45, 7) is 5.44. The molecule has 1 atom stereocenters. The maximum atomic E-state index is 6.85. The van der Waals surface area contributed by atoms with Gasteiger partial charge in [0.05, 0.1) is 0 Å². The first kappa shape index (κ1) is 15.0. The van der Waals surface area contributed by atoms with Gasteiger partial charge in [0.25, 0.3) is 0 Å². The maximum absolute atomic E-state index is 6.85. The first-order valence-corrected chi connectivity index (χ1v) is 7.37. The highest BCUT2D eigenvalue weighted by molar-refractivity contribution is 5.86. The fourth-order valence-electron chi connectivity index (χ4n) is 2.77. The van der Waals surface area contributed by atoms with E-state index in [1.807, 2.05) is 0 Å². The number of nitrogens with zero attached hydrogens (tertiary/aromatic N) is 1. The summed E-state index contributed by atoms with van der Waals surface area (Å²) in [5.74, 6) is 0.397. The van der Waals surface area contributed by atoms with E-state index < -0.39 is 0 Å². The molecule has 2 N–H and O–H groups in total. The summed E-state index contributed by atoms with van der Waals surface area (Å²) in [6.07, 6.45) is 0.964. The quantitative estimate of drug-likeness (QED) is 0.899. The predicted molar refractivity (Wildman–Crippen MR) is 87.8 cm³/mol. The molecule has 0 bridgehead atoms. The highest BCUT2D eigenvalue weighted by Crippen LogP contribution is 2.35. The zero-order chi connectivity index (χ0) is 14.8. The number of hydrogen-bond acceptors (Lipinski definition) is 2. The topological polar surface area (TPSA) is 29.3 Å². The van der Waals surface area contributed by atoms with Crippen LogP contribution in [-0.4, -0.2) is 25.5 Å². The maximum Gasteiger partial charge on any atom is 0.0451 e. The second-order valence-electron chi connectivity index (χ2n) is 6.28. The molecule has 0 amide bonds. The minimum Gasteiger partial charge on any atom is -0.321 e. The van der Waals surface area contributed by atoms with Gasteiger partial charge < -0.3 is 10.6 Å². The van der Waals surface area contributed by atoms with Gasteiger partial charge in [-0.25, -0.2) is 0 Å². The standard InChI is InChI=1S/C18H26N2/c1-14(2)18(19,12-13-20(3)4)17-11-7-9-15-8-5-6-10-16(15)17/h5-11,14H,12-13,19H2,1-4H3/t18-/m1/s1. The van der Waals surface area contributed by atoms with Gasteiger partial charge in [-0.15, -0.1) is 0 Å². The van der Waals surface area contributed by atoms with Gasteiger partial charge >= 0.3 is 0 Å². The van der Waals surface area contributed by atoms with Crippen molar-refractivity contribution in [2.24, 2.45) is 11.7 Å². The average Bonchev–Trinajstić information content (AvgIpc) is 2.44. The van der Waals surface area contributed by atoms with E-state index in [1.54, 1.807) is 0 Å². The van der Waals surface area contributed by atoms with Crippen LogP contribution in [0.5, 0.6) is 0 Å². The molecule has 2 aromatic rings. The monoisotopic (exact) mass is 270 g/mol. The van der Waals surface area contributed by atoms with Crippen molar-refractivity contribution in [1.29, 1.82) is 0 Å². The van der Waals surface area contributed by atoms with E-state index in [2.05, 4.69) is 75.3 Å². The Labute approximate surface area is 122 Å². The Balaban J connectivity index is 2.51. The number of fused-ring (bicyclic) bond motifs is 1. The van der Waals surface area contributed by atoms with Gasteiger partial charge in [0.1, 0.15) is 0 Å². The Morgan fingerprint density at radius 1 is 1.05 bits per heavy atom. The first-order valence-electron chi connectivity index (χ1n) is 7.37. The summed E-state index contributed by atoms with van der Waals surface area (Å²) >= 11 is 0. The van der Waals surface area contributed by atoms with Gasteiger partial charge in [0, 0.05) is 5.54 Å². The largest absolute Gasteiger partial charge is 0.321 e. The fourth-order valence-corrected chi connectivity index (χ4v) is 2.77. The molecule has 0 fully saturated rings. The Bertz CT molecular complexity index is 569. The van der Waals surface area contributed by atoms with E-state index >= 15 is 0 Å². The third kappa shape index (κ3) is 2.87. The second-order valence-corrected chi connectivity index (χ2v) is 6.28. The van der Waals surface area contributed by atoms with Gasteiger partial charge in [-0.3, -0.25) is 0 Å². The summed E-state index contributed by atoms with van der Waals surface area (Å²) < 4.78 is 0. The van der Waals surface area contributed by atoms with Crippen LogP contribution >= 0.6 is 0 Å². The molecule has 0 aliphatic carbocycles. The molecule has 0 radical (unpaired) electrons. The van der Waals surface area contributed by atoms with Crippen molar-refractivity contribution < 1.29 is 0 Å². The SMILES string of the molecule is CC(C)[C@](N)(CCN(C)C)c1cccc2ccccc12. The van der Waals surface area contributed by atoms with Crippen LogP contribution in [0, 0.1) is 5.92 Å². The summed E-state index contributed by atoms with van der Waals surface area (Å²) in [6, 6.07) is 15.0. The number of nitrogens with two attached hydrogens (primary N) is 1. The molecule has 0 spiro atoms. The molecule has 0 aromatic heterocycles. The predicted octanol–water partition coefficient (Wildman–Crippen LogP) is 3.60. The molecule has 20 heavy (non-hydrogen) atoms. The van der Waals surface area contributed by atoms with Crippen molar-refractivity contribution in [1.82, 2.24) is 4.90 Å². The minimum absolute atomic E-state index is 0.287. The number of rotatable bonds is 5. The Morgan fingerprint density at radius 3 is 2.35 bits per heavy atom. The lowest BCUT2D eigenvalue weighted by atomic mass is 9.76. The van der Waals surface area contributed by atoms with Crippen LogP contribution in [0.1, 0.15) is 25.8 Å². The van der Waals surface area contributed by atoms with Crippen molar-refractivity contribution in [3.05, 3.63) is 48.0 Å². The molecule has 2 nitrogen and oxygen atoms in total. The molecule has 0 saturated carbocycles. The average molecular weight is 270 g/mol. The highest BCUT2D eigenvalue weighted by atomic mass is 15.1. The van der Waals surface area contributed by atoms with Crippen molar-refractivity contribution in [3.8, 4) is 0 Å². The van der Waals surface area contributed by atoms with E-state index in [4.69, 9.17) is 5.73 Å². The van der Waals surface area contributed by atoms with Crippen LogP contribution in [0.4, 0.5) is 0 Å². The summed E-state index contributed by atoms with van der Waals surface area (Å²) in [5, 5.41) is 2.55. The Morgan fingerprint density at radius 2 is 1.70 bits per heavy atom. The molecular formula is C18H26N2. The lowest BCUT2D eigenvalue weighted by Crippen LogP contribution is -2.44. The molecule has 108 valence electrons. The molecular weight excluding hydrogens is 244 g/mol. The van der Waals surface area contributed by atoms with Gasteiger partial charge in [-0.05, 0) is 49.3 Å². The molecule has 2 aromatic carbocycles. The minimum atomic E-state index is -0.287. The lowest BCUT2D eigenvalue weighted by molar-refractivity contribution is 0.255. The van der Waals surface area contributed by atoms with Gasteiger partial charge in [0.15, 0.2) is 0 Å². The fraction of sp³-hybridized carbons (Fsp3) is 0.444. The Hall–Kier alpha value is -1.38. The van der Waals surface area contributed by atoms with E-state index in [-0.39, 0.29) is 5.54 Å². The molecule has 0 heterocycles. The first-order chi connectivity index (χ1) is 9.45. The summed E-state index contributed by atoms with van der Waals surface area (Å²) in [4.78, 5) is 2.20. The molecule has 0 aliphatic heterocycles. The van der Waals surface area contributed by atoms with Crippen LogP contribution < -0.4 is 5.73 Å². The third-order valence-corrected chi connectivity index (χ3v) is 4.29. The zero-order valence-corrected chi connectivity index (χ0v) is 13.1. The molecule has 2 heteroatoms. The van der Waals surface area contributed by atoms with E-state index in [0.717, 1.165) is 13.0 Å². The highest BCUT2D eigenvalue weighted by Gasteiger charge is 2.32. The second kappa shape index (κ2) is 5.94. The Kier molecular flexibility index (Phi) is 4.46. The van der Waals surface area contributed by atoms with Crippen molar-refractivity contribution in [2.75, 3.05) is 20.6 Å². The number of benzene rings is 2. The van der Waals surface area contributed by atoms with E-state index in [9.17, 15) is 0 Å². The molecule has 0 aliphatic rings. The van der Waals surface area contributed by atoms with Gasteiger partial charge in [-0.2, -0.15) is 0 Å². The van der Waals surface area contributed by atoms with Crippen LogP contribution in [-0.2, 0) is 5.54 Å². The lowest BCUT2D eigenvalue weighted by Gasteiger charge is -2.36. The zero-order valence-electron chi connectivity index (χ0n) is 13.1. The smallest absolute Gasteiger partial charge is 0.0451 e. The molecule has 0 unspecified atom stereocenters. The van der Waals surface area contributed by atoms with E-state index in [1.165, 1.54) is 16.3 Å². The number of hydrogen-bond donors (Lipinski definition) is 1. The van der Waals surface area contributed by atoms with Crippen LogP contribution in [0.25, 0.3) is 10.8 Å². The van der Waals surface area contributed by atoms with Crippen molar-refractivity contribution in [2.45, 2.75) is 25.8 Å². The van der Waals surface area contributed by atoms with Gasteiger partial charge in [-0.1, -0.05) is 56.3 Å². The normalized spacial score (nSPS) is 14.9.